The van der Waals surface area contributed by atoms with Crippen molar-refractivity contribution in [1.29, 1.82) is 0 Å². The zero-order valence-corrected chi connectivity index (χ0v) is 17.2. The summed E-state index contributed by atoms with van der Waals surface area (Å²) >= 11 is 1.19. The third kappa shape index (κ3) is 5.21. The van der Waals surface area contributed by atoms with Gasteiger partial charge in [0.05, 0.1) is 23.9 Å². The van der Waals surface area contributed by atoms with E-state index >= 15 is 0 Å². The quantitative estimate of drug-likeness (QED) is 0.439. The number of aliphatic carboxylic acids is 1. The van der Waals surface area contributed by atoms with Crippen molar-refractivity contribution in [1.82, 2.24) is 5.01 Å². The Balaban J connectivity index is 2.31. The van der Waals surface area contributed by atoms with Gasteiger partial charge in [-0.3, -0.25) is 4.79 Å². The molecular weight excluding hydrogens is 383 g/mol. The fraction of sp³-hybridized carbons (Fsp3) is 0.450. The summed E-state index contributed by atoms with van der Waals surface area (Å²) in [7, 11) is 0. The van der Waals surface area contributed by atoms with Gasteiger partial charge < -0.3 is 5.11 Å². The monoisotopic (exact) mass is 411 g/mol. The molecule has 0 aliphatic carbocycles. The summed E-state index contributed by atoms with van der Waals surface area (Å²) in [4.78, 5) is 10.6. The van der Waals surface area contributed by atoms with Crippen LogP contribution in [0.2, 0.25) is 0 Å². The lowest BCUT2D eigenvalue weighted by Crippen LogP contribution is -2.58. The first-order chi connectivity index (χ1) is 13.2. The van der Waals surface area contributed by atoms with E-state index in [-0.39, 0.29) is 17.4 Å². The minimum Gasteiger partial charge on any atom is -0.481 e. The van der Waals surface area contributed by atoms with E-state index in [2.05, 4.69) is 0 Å². The van der Waals surface area contributed by atoms with E-state index in [0.717, 1.165) is 22.5 Å². The van der Waals surface area contributed by atoms with Gasteiger partial charge in [0.2, 0.25) is 0 Å². The van der Waals surface area contributed by atoms with Crippen LogP contribution >= 0.6 is 11.8 Å². The van der Waals surface area contributed by atoms with Crippen molar-refractivity contribution >= 4 is 22.6 Å². The molecule has 1 saturated heterocycles. The molecule has 1 aliphatic heterocycles. The number of quaternary nitrogens is 1. The smallest absolute Gasteiger partial charge is 0.308 e. The van der Waals surface area contributed by atoms with Gasteiger partial charge in [0.25, 0.3) is 5.03 Å². The Bertz CT molecular complexity index is 762. The second-order valence-corrected chi connectivity index (χ2v) is 7.89. The van der Waals surface area contributed by atoms with Crippen LogP contribution in [0.5, 0.6) is 0 Å². The van der Waals surface area contributed by atoms with Gasteiger partial charge in [-0.05, 0) is 68.6 Å². The molecule has 2 rings (SSSR count). The van der Waals surface area contributed by atoms with E-state index in [1.165, 1.54) is 28.9 Å². The molecule has 154 valence electrons. The third-order valence-electron chi connectivity index (χ3n) is 4.92. The van der Waals surface area contributed by atoms with Crippen LogP contribution in [0.4, 0.5) is 4.39 Å². The van der Waals surface area contributed by atoms with Gasteiger partial charge in [-0.1, -0.05) is 29.6 Å². The maximum atomic E-state index is 13.3. The van der Waals surface area contributed by atoms with Gasteiger partial charge in [-0.15, -0.1) is 0 Å². The van der Waals surface area contributed by atoms with Gasteiger partial charge in [-0.25, -0.2) is 4.39 Å². The number of allylic oxidation sites excluding steroid dienone is 2. The molecule has 0 amide bonds. The van der Waals surface area contributed by atoms with Crippen LogP contribution in [-0.2, 0) is 4.79 Å². The van der Waals surface area contributed by atoms with Crippen molar-refractivity contribution in [2.24, 2.45) is 5.92 Å². The molecule has 1 aromatic rings. The van der Waals surface area contributed by atoms with Crippen LogP contribution in [-0.4, -0.2) is 44.5 Å². The van der Waals surface area contributed by atoms with Crippen LogP contribution in [0.3, 0.4) is 0 Å². The lowest BCUT2D eigenvalue weighted by molar-refractivity contribution is -1.29. The number of halogens is 1. The summed E-state index contributed by atoms with van der Waals surface area (Å²) in [6.07, 6.45) is 3.42. The normalized spacial score (nSPS) is 20.1. The zero-order valence-electron chi connectivity index (χ0n) is 16.4. The first kappa shape index (κ1) is 22.6. The number of benzene rings is 1. The summed E-state index contributed by atoms with van der Waals surface area (Å²) in [5.74, 6) is -1.91. The third-order valence-corrected chi connectivity index (χ3v) is 6.40. The highest BCUT2D eigenvalue weighted by molar-refractivity contribution is 8.11. The molecule has 1 fully saturated rings. The van der Waals surface area contributed by atoms with Crippen LogP contribution in [0.15, 0.2) is 40.9 Å². The average molecular weight is 412 g/mol. The van der Waals surface area contributed by atoms with Crippen molar-refractivity contribution in [2.45, 2.75) is 40.0 Å². The van der Waals surface area contributed by atoms with E-state index in [1.807, 2.05) is 13.8 Å². The minimum atomic E-state index is -1.49. The fourth-order valence-electron chi connectivity index (χ4n) is 3.10. The predicted molar refractivity (Wildman–Crippen MR) is 106 cm³/mol. The zero-order chi connectivity index (χ0) is 20.9. The highest BCUT2D eigenvalue weighted by Gasteiger charge is 2.43. The molecule has 0 radical (unpaired) electrons. The molecule has 0 saturated carbocycles. The van der Waals surface area contributed by atoms with E-state index in [0.29, 0.717) is 19.4 Å². The van der Waals surface area contributed by atoms with Crippen molar-refractivity contribution in [3.05, 3.63) is 52.3 Å². The molecule has 8 heteroatoms. The predicted octanol–water partition coefficient (Wildman–Crippen LogP) is 4.87. The van der Waals surface area contributed by atoms with E-state index in [9.17, 15) is 24.7 Å². The molecule has 0 spiro atoms. The summed E-state index contributed by atoms with van der Waals surface area (Å²) in [6, 6.07) is 6.07. The minimum absolute atomic E-state index is 0.0442. The molecule has 1 heterocycles. The summed E-state index contributed by atoms with van der Waals surface area (Å²) in [6.45, 7) is 6.06. The van der Waals surface area contributed by atoms with Crippen molar-refractivity contribution < 1.29 is 29.6 Å². The standard InChI is InChI=1S/C20H27FN2O4S/c1-4-14(3)19(15-8-10-17(21)11-9-15)28-18(5-2)23(26,27)22-12-6-7-16(13-22)20(24)25/h5,8-11,16,26-27H,4,6-7,12-13H2,1-3H3/p+1/b18-5-,19-14?. The lowest BCUT2D eigenvalue weighted by Gasteiger charge is -2.36. The molecule has 6 nitrogen and oxygen atoms in total. The molecule has 1 aromatic carbocycles. The number of hydrogen-bond acceptors (Lipinski definition) is 5. The van der Waals surface area contributed by atoms with Crippen LogP contribution in [0, 0.1) is 11.7 Å². The lowest BCUT2D eigenvalue weighted by atomic mass is 10.00. The van der Waals surface area contributed by atoms with E-state index in [1.54, 1.807) is 25.1 Å². The first-order valence-corrected chi connectivity index (χ1v) is 10.2. The van der Waals surface area contributed by atoms with E-state index < -0.39 is 16.8 Å². The highest BCUT2D eigenvalue weighted by Crippen LogP contribution is 2.41. The van der Waals surface area contributed by atoms with Crippen molar-refractivity contribution in [3.8, 4) is 0 Å². The Hall–Kier alpha value is -1.71. The molecular formula is C20H28FN2O4S+. The second kappa shape index (κ2) is 9.67. The number of thioether (sulfide) groups is 1. The van der Waals surface area contributed by atoms with Gasteiger partial charge in [0.15, 0.2) is 0 Å². The van der Waals surface area contributed by atoms with Gasteiger partial charge >= 0.3 is 5.97 Å². The van der Waals surface area contributed by atoms with Crippen molar-refractivity contribution in [3.63, 3.8) is 0 Å². The van der Waals surface area contributed by atoms with Gasteiger partial charge in [0, 0.05) is 4.91 Å². The number of carboxylic acid groups (broad SMARTS) is 1. The maximum absolute atomic E-state index is 13.3. The molecule has 1 atom stereocenters. The fourth-order valence-corrected chi connectivity index (χ4v) is 4.24. The molecule has 3 N–H and O–H groups in total. The molecule has 28 heavy (non-hydrogen) atoms. The number of hydrogen-bond donors (Lipinski definition) is 3. The van der Waals surface area contributed by atoms with Crippen LogP contribution in [0.25, 0.3) is 4.91 Å². The molecule has 1 unspecified atom stereocenters. The van der Waals surface area contributed by atoms with Crippen LogP contribution < -0.4 is 0 Å². The van der Waals surface area contributed by atoms with Gasteiger partial charge in [0.1, 0.15) is 5.82 Å². The van der Waals surface area contributed by atoms with Crippen LogP contribution in [0.1, 0.15) is 45.6 Å². The highest BCUT2D eigenvalue weighted by atomic mass is 32.2. The number of carboxylic acids is 1. The Kier molecular flexibility index (Phi) is 7.79. The summed E-state index contributed by atoms with van der Waals surface area (Å²) < 4.78 is 13.3. The van der Waals surface area contributed by atoms with E-state index in [4.69, 9.17) is 0 Å². The molecule has 1 aliphatic rings. The number of rotatable bonds is 7. The topological polar surface area (TPSA) is 81.0 Å². The second-order valence-electron chi connectivity index (χ2n) is 6.86. The largest absolute Gasteiger partial charge is 0.481 e. The number of nitrogens with zero attached hydrogens (tertiary/aromatic N) is 2. The Morgan fingerprint density at radius 1 is 1.36 bits per heavy atom. The Morgan fingerprint density at radius 3 is 2.54 bits per heavy atom. The average Bonchev–Trinajstić information content (AvgIpc) is 2.69. The van der Waals surface area contributed by atoms with Crippen molar-refractivity contribution in [2.75, 3.05) is 13.1 Å². The number of carbonyl (C=O) groups is 1. The Labute approximate surface area is 169 Å². The number of hydroxylamine groups is 2. The van der Waals surface area contributed by atoms with Gasteiger partial charge in [-0.2, -0.15) is 10.4 Å². The Morgan fingerprint density at radius 2 is 2.00 bits per heavy atom. The first-order valence-electron chi connectivity index (χ1n) is 9.33. The molecule has 0 aromatic heterocycles. The summed E-state index contributed by atoms with van der Waals surface area (Å²) in [5, 5.41) is 32.6. The summed E-state index contributed by atoms with van der Waals surface area (Å²) in [5.41, 5.74) is 1.81. The maximum Gasteiger partial charge on any atom is 0.308 e. The molecule has 0 bridgehead atoms. The number of piperidine rings is 1. The SMILES string of the molecule is C/C=C(\SC(=C(C)CC)c1ccc(F)cc1)[N+](O)(O)N1CCCC(C(=O)O)C1.